The molecule has 1 unspecified atom stereocenters. The maximum absolute atomic E-state index is 13.8. The lowest BCUT2D eigenvalue weighted by Gasteiger charge is -2.30. The molecule has 5 rings (SSSR count). The SMILES string of the molecule is COCCn1nnnc1C(c1cc2c(C)ccc(C)c2[nH]c1=O)N(Cc1ccc(OC)cc1)Cc1ccco1. The minimum atomic E-state index is -0.586. The zero-order valence-electron chi connectivity index (χ0n) is 22.5. The van der Waals surface area contributed by atoms with Gasteiger partial charge < -0.3 is 18.9 Å². The smallest absolute Gasteiger partial charge is 0.253 e. The first-order chi connectivity index (χ1) is 19.0. The molecule has 0 radical (unpaired) electrons. The van der Waals surface area contributed by atoms with Gasteiger partial charge in [0, 0.05) is 24.6 Å². The maximum Gasteiger partial charge on any atom is 0.253 e. The lowest BCUT2D eigenvalue weighted by molar-refractivity contribution is 0.163. The molecule has 0 saturated heterocycles. The molecule has 0 saturated carbocycles. The number of tetrazole rings is 1. The number of hydrogen-bond donors (Lipinski definition) is 1. The molecule has 1 N–H and O–H groups in total. The second-order valence-corrected chi connectivity index (χ2v) is 9.53. The predicted octanol–water partition coefficient (Wildman–Crippen LogP) is 4.17. The molecule has 0 fully saturated rings. The molecule has 10 heteroatoms. The fourth-order valence-electron chi connectivity index (χ4n) is 4.84. The van der Waals surface area contributed by atoms with E-state index in [4.69, 9.17) is 13.9 Å². The van der Waals surface area contributed by atoms with Gasteiger partial charge in [-0.25, -0.2) is 4.68 Å². The zero-order chi connectivity index (χ0) is 27.4. The van der Waals surface area contributed by atoms with Crippen molar-refractivity contribution in [1.29, 1.82) is 0 Å². The summed E-state index contributed by atoms with van der Waals surface area (Å²) in [5.41, 5.74) is 4.29. The van der Waals surface area contributed by atoms with E-state index in [0.717, 1.165) is 39.1 Å². The number of benzene rings is 2. The Balaban J connectivity index is 1.69. The summed E-state index contributed by atoms with van der Waals surface area (Å²) in [5.74, 6) is 2.07. The van der Waals surface area contributed by atoms with Crippen molar-refractivity contribution in [2.75, 3.05) is 20.8 Å². The summed E-state index contributed by atoms with van der Waals surface area (Å²) in [5, 5.41) is 13.6. The molecular weight excluding hydrogens is 496 g/mol. The van der Waals surface area contributed by atoms with Crippen molar-refractivity contribution in [2.24, 2.45) is 0 Å². The first-order valence-electron chi connectivity index (χ1n) is 12.8. The number of aromatic nitrogens is 5. The summed E-state index contributed by atoms with van der Waals surface area (Å²) in [6.07, 6.45) is 1.65. The van der Waals surface area contributed by atoms with Crippen LogP contribution in [0.1, 0.15) is 39.9 Å². The maximum atomic E-state index is 13.8. The molecule has 0 aliphatic rings. The Morgan fingerprint density at radius 3 is 2.56 bits per heavy atom. The van der Waals surface area contributed by atoms with E-state index in [0.29, 0.717) is 37.6 Å². The molecular formula is C29H32N6O4. The van der Waals surface area contributed by atoms with Crippen LogP contribution in [0.4, 0.5) is 0 Å². The average molecular weight is 529 g/mol. The van der Waals surface area contributed by atoms with E-state index in [2.05, 4.69) is 31.5 Å². The van der Waals surface area contributed by atoms with Crippen molar-refractivity contribution in [2.45, 2.75) is 39.5 Å². The summed E-state index contributed by atoms with van der Waals surface area (Å²) in [7, 11) is 3.28. The average Bonchev–Trinajstić information content (AvgIpc) is 3.63. The number of pyridine rings is 1. The Kier molecular flexibility index (Phi) is 7.85. The van der Waals surface area contributed by atoms with Crippen LogP contribution in [0.3, 0.4) is 0 Å². The van der Waals surface area contributed by atoms with E-state index in [9.17, 15) is 4.79 Å². The van der Waals surface area contributed by atoms with Crippen LogP contribution >= 0.6 is 0 Å². The largest absolute Gasteiger partial charge is 0.497 e. The predicted molar refractivity (Wildman–Crippen MR) is 147 cm³/mol. The lowest BCUT2D eigenvalue weighted by atomic mass is 9.99. The number of aromatic amines is 1. The third-order valence-corrected chi connectivity index (χ3v) is 6.93. The topological polar surface area (TPSA) is 111 Å². The molecule has 3 heterocycles. The van der Waals surface area contributed by atoms with Crippen molar-refractivity contribution in [1.82, 2.24) is 30.1 Å². The first kappa shape index (κ1) is 26.3. The van der Waals surface area contributed by atoms with E-state index >= 15 is 0 Å². The standard InChI is InChI=1S/C29H32N6O4/c1-19-7-8-20(2)26-24(19)16-25(29(36)30-26)27(28-31-32-33-35(28)13-15-37-3)34(18-23-6-5-14-39-23)17-21-9-11-22(38-4)12-10-21/h5-12,14,16,27H,13,15,17-18H2,1-4H3,(H,30,36). The Labute approximate surface area is 226 Å². The van der Waals surface area contributed by atoms with E-state index in [1.54, 1.807) is 25.2 Å². The summed E-state index contributed by atoms with van der Waals surface area (Å²) in [4.78, 5) is 19.1. The highest BCUT2D eigenvalue weighted by atomic mass is 16.5. The van der Waals surface area contributed by atoms with Gasteiger partial charge in [0.05, 0.1) is 38.6 Å². The third-order valence-electron chi connectivity index (χ3n) is 6.93. The Hall–Kier alpha value is -4.28. The number of nitrogens with one attached hydrogen (secondary N) is 1. The van der Waals surface area contributed by atoms with Gasteiger partial charge in [0.1, 0.15) is 17.6 Å². The monoisotopic (exact) mass is 528 g/mol. The van der Waals surface area contributed by atoms with Crippen LogP contribution in [0.2, 0.25) is 0 Å². The van der Waals surface area contributed by atoms with Crippen LogP contribution in [0.25, 0.3) is 10.9 Å². The summed E-state index contributed by atoms with van der Waals surface area (Å²) in [6, 6.07) is 17.1. The van der Waals surface area contributed by atoms with Gasteiger partial charge in [-0.05, 0) is 71.3 Å². The van der Waals surface area contributed by atoms with Crippen molar-refractivity contribution in [3.8, 4) is 5.75 Å². The fourth-order valence-corrected chi connectivity index (χ4v) is 4.84. The highest BCUT2D eigenvalue weighted by molar-refractivity contribution is 5.85. The lowest BCUT2D eigenvalue weighted by Crippen LogP contribution is -2.35. The molecule has 202 valence electrons. The number of hydrogen-bond acceptors (Lipinski definition) is 8. The summed E-state index contributed by atoms with van der Waals surface area (Å²) < 4.78 is 18.1. The Morgan fingerprint density at radius 2 is 1.85 bits per heavy atom. The number of nitrogens with zero attached hydrogens (tertiary/aromatic N) is 5. The van der Waals surface area contributed by atoms with Crippen molar-refractivity contribution < 1.29 is 13.9 Å². The quantitative estimate of drug-likeness (QED) is 0.272. The van der Waals surface area contributed by atoms with Gasteiger partial charge in [0.15, 0.2) is 5.82 Å². The number of fused-ring (bicyclic) bond motifs is 1. The molecule has 10 nitrogen and oxygen atoms in total. The van der Waals surface area contributed by atoms with Gasteiger partial charge in [-0.3, -0.25) is 9.69 Å². The second-order valence-electron chi connectivity index (χ2n) is 9.53. The van der Waals surface area contributed by atoms with Crippen molar-refractivity contribution in [3.05, 3.63) is 105 Å². The van der Waals surface area contributed by atoms with E-state index < -0.39 is 6.04 Å². The normalized spacial score (nSPS) is 12.3. The second kappa shape index (κ2) is 11.6. The van der Waals surface area contributed by atoms with Crippen LogP contribution in [0, 0.1) is 13.8 Å². The van der Waals surface area contributed by atoms with Crippen LogP contribution in [0.5, 0.6) is 5.75 Å². The van der Waals surface area contributed by atoms with Gasteiger partial charge in [-0.2, -0.15) is 0 Å². The molecule has 0 amide bonds. The van der Waals surface area contributed by atoms with E-state index in [1.807, 2.05) is 62.4 Å². The first-order valence-corrected chi connectivity index (χ1v) is 12.8. The minimum absolute atomic E-state index is 0.193. The van der Waals surface area contributed by atoms with E-state index in [1.165, 1.54) is 0 Å². The molecule has 3 aromatic heterocycles. The summed E-state index contributed by atoms with van der Waals surface area (Å²) in [6.45, 7) is 5.82. The molecule has 0 aliphatic carbocycles. The number of furan rings is 1. The van der Waals surface area contributed by atoms with Gasteiger partial charge >= 0.3 is 0 Å². The van der Waals surface area contributed by atoms with Crippen LogP contribution < -0.4 is 10.3 Å². The Bertz CT molecular complexity index is 1590. The molecule has 0 bridgehead atoms. The van der Waals surface area contributed by atoms with Gasteiger partial charge in [-0.1, -0.05) is 24.3 Å². The highest BCUT2D eigenvalue weighted by Gasteiger charge is 2.31. The van der Waals surface area contributed by atoms with Crippen molar-refractivity contribution in [3.63, 3.8) is 0 Å². The molecule has 1 atom stereocenters. The fraction of sp³-hybridized carbons (Fsp3) is 0.310. The number of rotatable bonds is 11. The Morgan fingerprint density at radius 1 is 1.05 bits per heavy atom. The third kappa shape index (κ3) is 5.62. The van der Waals surface area contributed by atoms with Gasteiger partial charge in [-0.15, -0.1) is 5.10 Å². The number of ether oxygens (including phenoxy) is 2. The number of methoxy groups -OCH3 is 2. The minimum Gasteiger partial charge on any atom is -0.497 e. The molecule has 5 aromatic rings. The van der Waals surface area contributed by atoms with Gasteiger partial charge in [0.25, 0.3) is 5.56 Å². The number of aryl methyl sites for hydroxylation is 2. The molecule has 0 spiro atoms. The number of H-pyrrole nitrogens is 1. The van der Waals surface area contributed by atoms with Crippen molar-refractivity contribution >= 4 is 10.9 Å². The van der Waals surface area contributed by atoms with E-state index in [-0.39, 0.29) is 5.56 Å². The van der Waals surface area contributed by atoms with Crippen LogP contribution in [0.15, 0.2) is 70.1 Å². The van der Waals surface area contributed by atoms with Crippen LogP contribution in [-0.2, 0) is 24.4 Å². The van der Waals surface area contributed by atoms with Crippen LogP contribution in [-0.4, -0.2) is 50.9 Å². The molecule has 39 heavy (non-hydrogen) atoms. The molecule has 2 aromatic carbocycles. The van der Waals surface area contributed by atoms with Gasteiger partial charge in [0.2, 0.25) is 0 Å². The molecule has 0 aliphatic heterocycles. The highest BCUT2D eigenvalue weighted by Crippen LogP contribution is 2.31. The zero-order valence-corrected chi connectivity index (χ0v) is 22.5. The summed E-state index contributed by atoms with van der Waals surface area (Å²) >= 11 is 0.